The molecule has 1 atom stereocenters. The molecule has 0 aromatic heterocycles. The van der Waals surface area contributed by atoms with Crippen LogP contribution in [0.2, 0.25) is 0 Å². The fraction of sp³-hybridized carbons (Fsp3) is 0.500. The standard InChI is InChI=1S/C18H25N3O4/c1-3-4-9-15-18(25)20(2)10-11-21(15)17(24)13-7-5-6-8-14(13)19-12-16(22)23/h5-8,15,19H,3-4,9-12H2,1-2H3,(H,22,23). The van der Waals surface area contributed by atoms with Crippen LogP contribution in [0, 0.1) is 0 Å². The van der Waals surface area contributed by atoms with Crippen LogP contribution in [0.1, 0.15) is 36.5 Å². The molecule has 2 rings (SSSR count). The van der Waals surface area contributed by atoms with Crippen molar-refractivity contribution in [2.75, 3.05) is 32.0 Å². The lowest BCUT2D eigenvalue weighted by Crippen LogP contribution is -2.57. The number of benzene rings is 1. The summed E-state index contributed by atoms with van der Waals surface area (Å²) in [6.45, 7) is 2.75. The van der Waals surface area contributed by atoms with Crippen LogP contribution in [0.15, 0.2) is 24.3 Å². The van der Waals surface area contributed by atoms with E-state index in [2.05, 4.69) is 5.32 Å². The molecule has 0 radical (unpaired) electrons. The van der Waals surface area contributed by atoms with Gasteiger partial charge in [0, 0.05) is 25.8 Å². The molecular weight excluding hydrogens is 322 g/mol. The Morgan fingerprint density at radius 3 is 2.68 bits per heavy atom. The van der Waals surface area contributed by atoms with Gasteiger partial charge in [0.15, 0.2) is 0 Å². The summed E-state index contributed by atoms with van der Waals surface area (Å²) >= 11 is 0. The fourth-order valence-corrected chi connectivity index (χ4v) is 2.98. The minimum absolute atomic E-state index is 0.0379. The molecule has 1 saturated heterocycles. The maximum atomic E-state index is 13.1. The molecule has 1 heterocycles. The summed E-state index contributed by atoms with van der Waals surface area (Å²) in [6.07, 6.45) is 2.45. The number of amides is 2. The molecule has 0 spiro atoms. The number of carbonyl (C=O) groups is 3. The van der Waals surface area contributed by atoms with Crippen LogP contribution in [0.25, 0.3) is 0 Å². The minimum Gasteiger partial charge on any atom is -0.480 e. The Hall–Kier alpha value is -2.57. The van der Waals surface area contributed by atoms with Crippen molar-refractivity contribution in [2.24, 2.45) is 0 Å². The number of hydrogen-bond acceptors (Lipinski definition) is 4. The van der Waals surface area contributed by atoms with Gasteiger partial charge in [0.2, 0.25) is 5.91 Å². The van der Waals surface area contributed by atoms with Crippen LogP contribution in [0.4, 0.5) is 5.69 Å². The predicted molar refractivity (Wildman–Crippen MR) is 94.6 cm³/mol. The highest BCUT2D eigenvalue weighted by Gasteiger charge is 2.36. The van der Waals surface area contributed by atoms with Gasteiger partial charge in [0.25, 0.3) is 5.91 Å². The average molecular weight is 347 g/mol. The zero-order valence-electron chi connectivity index (χ0n) is 14.7. The fourth-order valence-electron chi connectivity index (χ4n) is 2.98. The van der Waals surface area contributed by atoms with Crippen LogP contribution < -0.4 is 5.32 Å². The number of carboxylic acids is 1. The lowest BCUT2D eigenvalue weighted by Gasteiger charge is -2.39. The Bertz CT molecular complexity index is 647. The molecule has 25 heavy (non-hydrogen) atoms. The first-order valence-electron chi connectivity index (χ1n) is 8.56. The molecule has 136 valence electrons. The van der Waals surface area contributed by atoms with E-state index in [1.165, 1.54) is 0 Å². The van der Waals surface area contributed by atoms with Gasteiger partial charge in [-0.15, -0.1) is 0 Å². The number of unbranched alkanes of at least 4 members (excludes halogenated alkanes) is 1. The molecule has 7 nitrogen and oxygen atoms in total. The van der Waals surface area contributed by atoms with Gasteiger partial charge in [-0.25, -0.2) is 0 Å². The van der Waals surface area contributed by atoms with Crippen molar-refractivity contribution in [3.63, 3.8) is 0 Å². The summed E-state index contributed by atoms with van der Waals surface area (Å²) in [4.78, 5) is 39.7. The van der Waals surface area contributed by atoms with Crippen LogP contribution in [0.5, 0.6) is 0 Å². The number of nitrogens with one attached hydrogen (secondary N) is 1. The van der Waals surface area contributed by atoms with Crippen LogP contribution in [-0.4, -0.2) is 65.4 Å². The van der Waals surface area contributed by atoms with Gasteiger partial charge in [-0.05, 0) is 18.6 Å². The average Bonchev–Trinajstić information content (AvgIpc) is 2.60. The molecule has 1 aromatic rings. The molecule has 7 heteroatoms. The normalized spacial score (nSPS) is 17.5. The number of likely N-dealkylation sites (N-methyl/N-ethyl adjacent to an activating group) is 1. The van der Waals surface area contributed by atoms with Crippen molar-refractivity contribution in [1.82, 2.24) is 9.80 Å². The Morgan fingerprint density at radius 2 is 2.00 bits per heavy atom. The predicted octanol–water partition coefficient (Wildman–Crippen LogP) is 1.66. The highest BCUT2D eigenvalue weighted by atomic mass is 16.4. The molecular formula is C18H25N3O4. The second-order valence-electron chi connectivity index (χ2n) is 6.21. The second kappa shape index (κ2) is 8.50. The Labute approximate surface area is 147 Å². The van der Waals surface area contributed by atoms with Crippen molar-refractivity contribution in [1.29, 1.82) is 0 Å². The molecule has 0 saturated carbocycles. The molecule has 1 aliphatic heterocycles. The molecule has 1 aliphatic rings. The summed E-state index contributed by atoms with van der Waals surface area (Å²) in [6, 6.07) is 6.35. The van der Waals surface area contributed by atoms with E-state index in [0.29, 0.717) is 30.8 Å². The van der Waals surface area contributed by atoms with E-state index in [-0.39, 0.29) is 18.4 Å². The molecule has 2 N–H and O–H groups in total. The van der Waals surface area contributed by atoms with Crippen molar-refractivity contribution in [3.8, 4) is 0 Å². The molecule has 2 amide bonds. The third kappa shape index (κ3) is 4.49. The van der Waals surface area contributed by atoms with Crippen LogP contribution >= 0.6 is 0 Å². The molecule has 1 fully saturated rings. The van der Waals surface area contributed by atoms with E-state index in [1.54, 1.807) is 41.1 Å². The Balaban J connectivity index is 2.25. The summed E-state index contributed by atoms with van der Waals surface area (Å²) in [5.41, 5.74) is 0.859. The first kappa shape index (κ1) is 18.8. The van der Waals surface area contributed by atoms with Crippen LogP contribution in [0.3, 0.4) is 0 Å². The van der Waals surface area contributed by atoms with Gasteiger partial charge in [-0.3, -0.25) is 14.4 Å². The molecule has 1 aromatic carbocycles. The van der Waals surface area contributed by atoms with Gasteiger partial charge in [0.1, 0.15) is 12.6 Å². The Morgan fingerprint density at radius 1 is 1.28 bits per heavy atom. The van der Waals surface area contributed by atoms with Gasteiger partial charge in [-0.2, -0.15) is 0 Å². The van der Waals surface area contributed by atoms with E-state index in [1.807, 2.05) is 6.92 Å². The Kier molecular flexibility index (Phi) is 6.38. The first-order chi connectivity index (χ1) is 12.0. The number of aliphatic carboxylic acids is 1. The molecule has 1 unspecified atom stereocenters. The lowest BCUT2D eigenvalue weighted by atomic mass is 10.0. The second-order valence-corrected chi connectivity index (χ2v) is 6.21. The largest absolute Gasteiger partial charge is 0.480 e. The van der Waals surface area contributed by atoms with Crippen LogP contribution in [-0.2, 0) is 9.59 Å². The minimum atomic E-state index is -1.00. The smallest absolute Gasteiger partial charge is 0.322 e. The number of rotatable bonds is 7. The number of anilines is 1. The topological polar surface area (TPSA) is 90.0 Å². The number of hydrogen-bond donors (Lipinski definition) is 2. The highest BCUT2D eigenvalue weighted by molar-refractivity contribution is 6.02. The van der Waals surface area contributed by atoms with E-state index < -0.39 is 12.0 Å². The summed E-state index contributed by atoms with van der Waals surface area (Å²) in [7, 11) is 1.76. The molecule has 0 aliphatic carbocycles. The summed E-state index contributed by atoms with van der Waals surface area (Å²) in [5.74, 6) is -1.28. The first-order valence-corrected chi connectivity index (χ1v) is 8.56. The maximum Gasteiger partial charge on any atom is 0.322 e. The zero-order valence-corrected chi connectivity index (χ0v) is 14.7. The third-order valence-corrected chi connectivity index (χ3v) is 4.39. The number of carboxylic acid groups (broad SMARTS) is 1. The van der Waals surface area contributed by atoms with Gasteiger partial charge >= 0.3 is 5.97 Å². The van der Waals surface area contributed by atoms with Gasteiger partial charge in [0.05, 0.1) is 5.56 Å². The third-order valence-electron chi connectivity index (χ3n) is 4.39. The van der Waals surface area contributed by atoms with Crippen molar-refractivity contribution < 1.29 is 19.5 Å². The monoisotopic (exact) mass is 347 g/mol. The summed E-state index contributed by atoms with van der Waals surface area (Å²) < 4.78 is 0. The number of para-hydroxylation sites is 1. The quantitative estimate of drug-likeness (QED) is 0.783. The van der Waals surface area contributed by atoms with Crippen molar-refractivity contribution >= 4 is 23.5 Å². The SMILES string of the molecule is CCCCC1C(=O)N(C)CCN1C(=O)c1ccccc1NCC(=O)O. The highest BCUT2D eigenvalue weighted by Crippen LogP contribution is 2.23. The zero-order chi connectivity index (χ0) is 18.4. The number of carbonyl (C=O) groups excluding carboxylic acids is 2. The van der Waals surface area contributed by atoms with E-state index in [9.17, 15) is 14.4 Å². The maximum absolute atomic E-state index is 13.1. The lowest BCUT2D eigenvalue weighted by molar-refractivity contribution is -0.139. The van der Waals surface area contributed by atoms with Gasteiger partial charge < -0.3 is 20.2 Å². The van der Waals surface area contributed by atoms with Crippen molar-refractivity contribution in [3.05, 3.63) is 29.8 Å². The van der Waals surface area contributed by atoms with Gasteiger partial charge in [-0.1, -0.05) is 31.9 Å². The summed E-state index contributed by atoms with van der Waals surface area (Å²) in [5, 5.41) is 11.6. The number of piperazine rings is 1. The van der Waals surface area contributed by atoms with E-state index >= 15 is 0 Å². The van der Waals surface area contributed by atoms with E-state index in [0.717, 1.165) is 12.8 Å². The molecule has 0 bridgehead atoms. The van der Waals surface area contributed by atoms with E-state index in [4.69, 9.17) is 5.11 Å². The number of nitrogens with zero attached hydrogens (tertiary/aromatic N) is 2. The van der Waals surface area contributed by atoms with Crippen molar-refractivity contribution in [2.45, 2.75) is 32.2 Å².